The quantitative estimate of drug-likeness (QED) is 0.620. The number of rotatable bonds is 4. The summed E-state index contributed by atoms with van der Waals surface area (Å²) in [5.74, 6) is -0.788. The van der Waals surface area contributed by atoms with E-state index in [1.807, 2.05) is 0 Å². The molecule has 0 fully saturated rings. The van der Waals surface area contributed by atoms with Gasteiger partial charge in [0.2, 0.25) is 5.91 Å². The Bertz CT molecular complexity index is 704. The Balaban J connectivity index is 2.44. The van der Waals surface area contributed by atoms with Gasteiger partial charge in [-0.15, -0.1) is 11.6 Å². The molecule has 0 spiro atoms. The molecule has 2 aromatic rings. The van der Waals surface area contributed by atoms with E-state index < -0.39 is 0 Å². The third-order valence-corrected chi connectivity index (χ3v) is 3.68. The van der Waals surface area contributed by atoms with Crippen LogP contribution in [0.25, 0.3) is 0 Å². The Morgan fingerprint density at radius 3 is 2.57 bits per heavy atom. The Morgan fingerprint density at radius 1 is 1.14 bits per heavy atom. The molecule has 1 amide bonds. The summed E-state index contributed by atoms with van der Waals surface area (Å²) in [5, 5.41) is 3.08. The van der Waals surface area contributed by atoms with Crippen LogP contribution in [0.15, 0.2) is 46.9 Å². The summed E-state index contributed by atoms with van der Waals surface area (Å²) in [6.07, 6.45) is 0. The lowest BCUT2D eigenvalue weighted by molar-refractivity contribution is -0.113. The average Bonchev–Trinajstić information content (AvgIpc) is 2.48. The van der Waals surface area contributed by atoms with Crippen LogP contribution in [-0.2, 0) is 4.79 Å². The van der Waals surface area contributed by atoms with Crippen molar-refractivity contribution >= 4 is 56.5 Å². The lowest BCUT2D eigenvalue weighted by Crippen LogP contribution is -2.16. The van der Waals surface area contributed by atoms with Crippen LogP contribution in [0.2, 0.25) is 5.02 Å². The van der Waals surface area contributed by atoms with Crippen LogP contribution < -0.4 is 5.32 Å². The Labute approximate surface area is 140 Å². The van der Waals surface area contributed by atoms with Crippen LogP contribution in [0.3, 0.4) is 0 Å². The number of benzene rings is 2. The van der Waals surface area contributed by atoms with Gasteiger partial charge in [-0.3, -0.25) is 9.59 Å². The summed E-state index contributed by atoms with van der Waals surface area (Å²) < 4.78 is 0.733. The topological polar surface area (TPSA) is 46.2 Å². The maximum atomic E-state index is 12.6. The summed E-state index contributed by atoms with van der Waals surface area (Å²) in [6, 6.07) is 11.7. The minimum absolute atomic E-state index is 0.180. The Kier molecular flexibility index (Phi) is 5.39. The van der Waals surface area contributed by atoms with Gasteiger partial charge in [0.1, 0.15) is 5.88 Å². The van der Waals surface area contributed by atoms with Gasteiger partial charge in [-0.05, 0) is 30.3 Å². The fraction of sp³-hybridized carbons (Fsp3) is 0.0667. The number of nitrogens with one attached hydrogen (secondary N) is 1. The van der Waals surface area contributed by atoms with Crippen LogP contribution >= 0.6 is 39.1 Å². The van der Waals surface area contributed by atoms with Crippen molar-refractivity contribution in [1.29, 1.82) is 0 Å². The molecule has 0 heterocycles. The molecule has 0 aromatic heterocycles. The SMILES string of the molecule is O=C(CCl)Nc1ccc(Br)cc1C(=O)c1cccc(Cl)c1. The first-order chi connectivity index (χ1) is 10.0. The van der Waals surface area contributed by atoms with Crippen molar-refractivity contribution in [3.63, 3.8) is 0 Å². The zero-order valence-corrected chi connectivity index (χ0v) is 13.8. The van der Waals surface area contributed by atoms with E-state index in [2.05, 4.69) is 21.2 Å². The number of carbonyl (C=O) groups excluding carboxylic acids is 2. The minimum Gasteiger partial charge on any atom is -0.324 e. The second kappa shape index (κ2) is 7.07. The zero-order chi connectivity index (χ0) is 15.4. The number of carbonyl (C=O) groups is 2. The monoisotopic (exact) mass is 385 g/mol. The van der Waals surface area contributed by atoms with Gasteiger partial charge in [-0.2, -0.15) is 0 Å². The van der Waals surface area contributed by atoms with Crippen molar-refractivity contribution in [2.45, 2.75) is 0 Å². The van der Waals surface area contributed by atoms with Gasteiger partial charge >= 0.3 is 0 Å². The minimum atomic E-state index is -0.376. The second-order valence-corrected chi connectivity index (χ2v) is 5.83. The summed E-state index contributed by atoms with van der Waals surface area (Å²) in [4.78, 5) is 24.0. The number of amides is 1. The van der Waals surface area contributed by atoms with E-state index >= 15 is 0 Å². The van der Waals surface area contributed by atoms with Gasteiger partial charge in [0.05, 0.1) is 5.69 Å². The van der Waals surface area contributed by atoms with E-state index in [1.54, 1.807) is 42.5 Å². The highest BCUT2D eigenvalue weighted by molar-refractivity contribution is 9.10. The lowest BCUT2D eigenvalue weighted by atomic mass is 10.0. The molecular weight excluding hydrogens is 377 g/mol. The van der Waals surface area contributed by atoms with Crippen LogP contribution in [0.5, 0.6) is 0 Å². The molecular formula is C15H10BrCl2NO2. The number of halogens is 3. The van der Waals surface area contributed by atoms with Gasteiger partial charge in [0, 0.05) is 20.6 Å². The summed E-state index contributed by atoms with van der Waals surface area (Å²) in [6.45, 7) is 0. The number of ketones is 1. The Morgan fingerprint density at radius 2 is 1.90 bits per heavy atom. The van der Waals surface area contributed by atoms with Crippen molar-refractivity contribution in [3.8, 4) is 0 Å². The molecule has 2 aromatic carbocycles. The second-order valence-electron chi connectivity index (χ2n) is 4.21. The molecule has 0 atom stereocenters. The van der Waals surface area contributed by atoms with Crippen molar-refractivity contribution in [1.82, 2.24) is 0 Å². The molecule has 1 N–H and O–H groups in total. The fourth-order valence-corrected chi connectivity index (χ4v) is 2.40. The van der Waals surface area contributed by atoms with Crippen LogP contribution in [-0.4, -0.2) is 17.6 Å². The Hall–Kier alpha value is -1.36. The summed E-state index contributed by atoms with van der Waals surface area (Å²) in [5.41, 5.74) is 1.22. The molecule has 0 bridgehead atoms. The first kappa shape index (κ1) is 16.0. The van der Waals surface area contributed by atoms with Crippen molar-refractivity contribution in [3.05, 3.63) is 63.1 Å². The number of hydrogen-bond donors (Lipinski definition) is 1. The van der Waals surface area contributed by atoms with Crippen molar-refractivity contribution < 1.29 is 9.59 Å². The molecule has 0 radical (unpaired) electrons. The third-order valence-electron chi connectivity index (χ3n) is 2.71. The normalized spacial score (nSPS) is 10.2. The molecule has 21 heavy (non-hydrogen) atoms. The molecule has 6 heteroatoms. The molecule has 108 valence electrons. The van der Waals surface area contributed by atoms with Crippen LogP contribution in [0.4, 0.5) is 5.69 Å². The van der Waals surface area contributed by atoms with Crippen molar-refractivity contribution in [2.75, 3.05) is 11.2 Å². The van der Waals surface area contributed by atoms with E-state index in [1.165, 1.54) is 0 Å². The highest BCUT2D eigenvalue weighted by atomic mass is 79.9. The van der Waals surface area contributed by atoms with Crippen LogP contribution in [0.1, 0.15) is 15.9 Å². The van der Waals surface area contributed by atoms with Crippen LogP contribution in [0, 0.1) is 0 Å². The predicted octanol–water partition coefficient (Wildman–Crippen LogP) is 4.51. The first-order valence-electron chi connectivity index (χ1n) is 5.97. The molecule has 0 aliphatic heterocycles. The smallest absolute Gasteiger partial charge is 0.239 e. The van der Waals surface area contributed by atoms with E-state index in [9.17, 15) is 9.59 Å². The molecule has 0 unspecified atom stereocenters. The summed E-state index contributed by atoms with van der Waals surface area (Å²) in [7, 11) is 0. The lowest BCUT2D eigenvalue weighted by Gasteiger charge is -2.10. The molecule has 0 saturated carbocycles. The molecule has 0 aliphatic carbocycles. The summed E-state index contributed by atoms with van der Waals surface area (Å²) >= 11 is 14.7. The highest BCUT2D eigenvalue weighted by Crippen LogP contribution is 2.25. The third kappa shape index (κ3) is 4.06. The molecule has 0 aliphatic rings. The first-order valence-corrected chi connectivity index (χ1v) is 7.67. The number of anilines is 1. The largest absolute Gasteiger partial charge is 0.324 e. The van der Waals surface area contributed by atoms with Crippen molar-refractivity contribution in [2.24, 2.45) is 0 Å². The number of alkyl halides is 1. The van der Waals surface area contributed by atoms with Gasteiger partial charge in [-0.1, -0.05) is 39.7 Å². The maximum Gasteiger partial charge on any atom is 0.239 e. The van der Waals surface area contributed by atoms with Gasteiger partial charge in [-0.25, -0.2) is 0 Å². The maximum absolute atomic E-state index is 12.6. The molecule has 3 nitrogen and oxygen atoms in total. The standard InChI is InChI=1S/C15H10BrCl2NO2/c16-10-4-5-13(19-14(20)8-17)12(7-10)15(21)9-2-1-3-11(18)6-9/h1-7H,8H2,(H,19,20). The van der Waals surface area contributed by atoms with Gasteiger partial charge in [0.15, 0.2) is 5.78 Å². The van der Waals surface area contributed by atoms with E-state index in [-0.39, 0.29) is 17.6 Å². The van der Waals surface area contributed by atoms with Gasteiger partial charge < -0.3 is 5.32 Å². The molecule has 2 rings (SSSR count). The number of hydrogen-bond acceptors (Lipinski definition) is 2. The fourth-order valence-electron chi connectivity index (χ4n) is 1.78. The molecule has 0 saturated heterocycles. The van der Waals surface area contributed by atoms with E-state index in [4.69, 9.17) is 23.2 Å². The highest BCUT2D eigenvalue weighted by Gasteiger charge is 2.16. The predicted molar refractivity (Wildman–Crippen MR) is 88.4 cm³/mol. The zero-order valence-electron chi connectivity index (χ0n) is 10.7. The average molecular weight is 387 g/mol. The van der Waals surface area contributed by atoms with E-state index in [0.29, 0.717) is 21.8 Å². The van der Waals surface area contributed by atoms with E-state index in [0.717, 1.165) is 4.47 Å². The van der Waals surface area contributed by atoms with Gasteiger partial charge in [0.25, 0.3) is 0 Å².